The van der Waals surface area contributed by atoms with Gasteiger partial charge in [-0.15, -0.1) is 0 Å². The molecular formula is C18H25N3O4S2. The number of carbonyl (C=O) groups is 1. The van der Waals surface area contributed by atoms with Crippen LogP contribution in [0.5, 0.6) is 0 Å². The number of aromatic nitrogens is 1. The maximum absolute atomic E-state index is 13.0. The van der Waals surface area contributed by atoms with Crippen molar-refractivity contribution < 1.29 is 17.9 Å². The van der Waals surface area contributed by atoms with Crippen LogP contribution in [0.25, 0.3) is 10.2 Å². The molecule has 7 nitrogen and oxygen atoms in total. The van der Waals surface area contributed by atoms with Crippen molar-refractivity contribution in [2.24, 2.45) is 0 Å². The van der Waals surface area contributed by atoms with Crippen molar-refractivity contribution in [2.45, 2.75) is 32.8 Å². The number of hydrogen-bond acceptors (Lipinski definition) is 6. The van der Waals surface area contributed by atoms with Gasteiger partial charge in [0.25, 0.3) is 0 Å². The minimum Gasteiger partial charge on any atom is -0.376 e. The Morgan fingerprint density at radius 1 is 1.33 bits per heavy atom. The summed E-state index contributed by atoms with van der Waals surface area (Å²) in [7, 11) is -2.03. The van der Waals surface area contributed by atoms with E-state index in [-0.39, 0.29) is 18.6 Å². The number of amides is 1. The van der Waals surface area contributed by atoms with Crippen LogP contribution in [-0.2, 0) is 19.6 Å². The van der Waals surface area contributed by atoms with Crippen LogP contribution in [0.4, 0.5) is 5.13 Å². The van der Waals surface area contributed by atoms with Crippen molar-refractivity contribution in [1.82, 2.24) is 9.29 Å². The minimum atomic E-state index is -3.44. The highest BCUT2D eigenvalue weighted by Gasteiger charge is 2.28. The van der Waals surface area contributed by atoms with Gasteiger partial charge in [0.1, 0.15) is 0 Å². The molecule has 1 fully saturated rings. The molecule has 1 saturated heterocycles. The maximum Gasteiger partial charge on any atom is 0.244 e. The average Bonchev–Trinajstić information content (AvgIpc) is 3.25. The molecule has 1 aliphatic heterocycles. The number of aryl methyl sites for hydroxylation is 2. The summed E-state index contributed by atoms with van der Waals surface area (Å²) in [6, 6.07) is 4.06. The molecule has 148 valence electrons. The summed E-state index contributed by atoms with van der Waals surface area (Å²) in [4.78, 5) is 19.3. The Hall–Kier alpha value is -1.55. The molecule has 2 aromatic rings. The van der Waals surface area contributed by atoms with E-state index < -0.39 is 10.0 Å². The van der Waals surface area contributed by atoms with Crippen molar-refractivity contribution in [2.75, 3.05) is 37.9 Å². The standard InChI is InChI=1S/C18H25N3O4S2/c1-12-7-8-13(2)17-16(12)19-18(26-17)21(10-14-6-5-9-25-14)15(22)11-20(3)27(4,23)24/h7-8,14H,5-6,9-11H2,1-4H3. The molecule has 1 atom stereocenters. The maximum atomic E-state index is 13.0. The SMILES string of the molecule is Cc1ccc(C)c2sc(N(CC3CCCO3)C(=O)CN(C)S(C)(=O)=O)nc12. The fraction of sp³-hybridized carbons (Fsp3) is 0.556. The third-order valence-electron chi connectivity index (χ3n) is 4.80. The van der Waals surface area contributed by atoms with Gasteiger partial charge < -0.3 is 4.74 Å². The average molecular weight is 412 g/mol. The molecule has 0 N–H and O–H groups in total. The molecule has 0 bridgehead atoms. The number of rotatable bonds is 6. The van der Waals surface area contributed by atoms with Gasteiger partial charge in [-0.1, -0.05) is 23.5 Å². The minimum absolute atomic E-state index is 0.0494. The topological polar surface area (TPSA) is 79.8 Å². The van der Waals surface area contributed by atoms with Crippen LogP contribution in [0.2, 0.25) is 0 Å². The number of thiazole rings is 1. The summed E-state index contributed by atoms with van der Waals surface area (Å²) in [6.07, 6.45) is 2.89. The van der Waals surface area contributed by atoms with Crippen LogP contribution in [0.1, 0.15) is 24.0 Å². The lowest BCUT2D eigenvalue weighted by Crippen LogP contribution is -2.44. The summed E-state index contributed by atoms with van der Waals surface area (Å²) >= 11 is 1.46. The highest BCUT2D eigenvalue weighted by atomic mass is 32.2. The summed E-state index contributed by atoms with van der Waals surface area (Å²) in [5.41, 5.74) is 3.05. The molecule has 3 rings (SSSR count). The number of anilines is 1. The van der Waals surface area contributed by atoms with Crippen molar-refractivity contribution >= 4 is 42.6 Å². The Balaban J connectivity index is 1.95. The first-order chi connectivity index (χ1) is 12.7. The summed E-state index contributed by atoms with van der Waals surface area (Å²) in [5.74, 6) is -0.298. The zero-order valence-corrected chi connectivity index (χ0v) is 17.7. The number of hydrogen-bond donors (Lipinski definition) is 0. The number of benzene rings is 1. The summed E-state index contributed by atoms with van der Waals surface area (Å²) < 4.78 is 31.2. The summed E-state index contributed by atoms with van der Waals surface area (Å²) in [5, 5.41) is 0.588. The van der Waals surface area contributed by atoms with Crippen molar-refractivity contribution in [3.05, 3.63) is 23.3 Å². The summed E-state index contributed by atoms with van der Waals surface area (Å²) in [6.45, 7) is 4.87. The van der Waals surface area contributed by atoms with E-state index in [1.807, 2.05) is 26.0 Å². The highest BCUT2D eigenvalue weighted by Crippen LogP contribution is 2.33. The van der Waals surface area contributed by atoms with Gasteiger partial charge >= 0.3 is 0 Å². The van der Waals surface area contributed by atoms with Gasteiger partial charge in [-0.25, -0.2) is 13.4 Å². The molecule has 0 aliphatic carbocycles. The molecule has 9 heteroatoms. The zero-order valence-electron chi connectivity index (χ0n) is 16.1. The Morgan fingerprint density at radius 3 is 2.63 bits per heavy atom. The van der Waals surface area contributed by atoms with Crippen LogP contribution in [-0.4, -0.2) is 62.7 Å². The second-order valence-electron chi connectivity index (χ2n) is 7.03. The van der Waals surface area contributed by atoms with Gasteiger partial charge in [-0.2, -0.15) is 4.31 Å². The molecular weight excluding hydrogens is 386 g/mol. The van der Waals surface area contributed by atoms with Gasteiger partial charge in [-0.3, -0.25) is 9.69 Å². The first-order valence-electron chi connectivity index (χ1n) is 8.87. The molecule has 1 unspecified atom stereocenters. The van der Waals surface area contributed by atoms with Gasteiger partial charge in [0.15, 0.2) is 5.13 Å². The number of carbonyl (C=O) groups excluding carboxylic acids is 1. The van der Waals surface area contributed by atoms with Gasteiger partial charge in [0.2, 0.25) is 15.9 Å². The van der Waals surface area contributed by atoms with Gasteiger partial charge in [0.05, 0.1) is 35.7 Å². The molecule has 0 spiro atoms. The van der Waals surface area contributed by atoms with Gasteiger partial charge in [-0.05, 0) is 37.8 Å². The van der Waals surface area contributed by atoms with E-state index in [9.17, 15) is 13.2 Å². The molecule has 0 radical (unpaired) electrons. The van der Waals surface area contributed by atoms with E-state index in [2.05, 4.69) is 0 Å². The Morgan fingerprint density at radius 2 is 2.04 bits per heavy atom. The van der Waals surface area contributed by atoms with Crippen LogP contribution >= 0.6 is 11.3 Å². The molecule has 1 amide bonds. The zero-order chi connectivity index (χ0) is 19.8. The largest absolute Gasteiger partial charge is 0.376 e. The number of likely N-dealkylation sites (N-methyl/N-ethyl adjacent to an activating group) is 1. The van der Waals surface area contributed by atoms with E-state index in [0.29, 0.717) is 18.3 Å². The van der Waals surface area contributed by atoms with Crippen molar-refractivity contribution in [1.29, 1.82) is 0 Å². The number of sulfonamides is 1. The molecule has 1 aromatic carbocycles. The Kier molecular flexibility index (Phi) is 5.85. The predicted octanol–water partition coefficient (Wildman–Crippen LogP) is 2.32. The Bertz CT molecular complexity index is 910. The van der Waals surface area contributed by atoms with E-state index >= 15 is 0 Å². The smallest absolute Gasteiger partial charge is 0.244 e. The fourth-order valence-electron chi connectivity index (χ4n) is 3.04. The lowest BCUT2D eigenvalue weighted by molar-refractivity contribution is -0.119. The lowest BCUT2D eigenvalue weighted by atomic mass is 10.1. The van der Waals surface area contributed by atoms with E-state index in [1.54, 1.807) is 4.90 Å². The second-order valence-corrected chi connectivity index (χ2v) is 10.1. The van der Waals surface area contributed by atoms with Crippen molar-refractivity contribution in [3.8, 4) is 0 Å². The monoisotopic (exact) mass is 411 g/mol. The lowest BCUT2D eigenvalue weighted by Gasteiger charge is -2.25. The van der Waals surface area contributed by atoms with E-state index in [4.69, 9.17) is 9.72 Å². The third-order valence-corrected chi connectivity index (χ3v) is 7.27. The molecule has 0 saturated carbocycles. The highest BCUT2D eigenvalue weighted by molar-refractivity contribution is 7.88. The van der Waals surface area contributed by atoms with Crippen LogP contribution in [0.15, 0.2) is 12.1 Å². The number of ether oxygens (including phenoxy) is 1. The first kappa shape index (κ1) is 20.2. The normalized spacial score (nSPS) is 17.7. The number of nitrogens with zero attached hydrogens (tertiary/aromatic N) is 3. The van der Waals surface area contributed by atoms with Crippen LogP contribution < -0.4 is 4.90 Å². The molecule has 27 heavy (non-hydrogen) atoms. The molecule has 1 aromatic heterocycles. The van der Waals surface area contributed by atoms with Crippen LogP contribution in [0, 0.1) is 13.8 Å². The van der Waals surface area contributed by atoms with Gasteiger partial charge in [0, 0.05) is 13.7 Å². The molecule has 2 heterocycles. The number of fused-ring (bicyclic) bond motifs is 1. The second kappa shape index (κ2) is 7.83. The fourth-order valence-corrected chi connectivity index (χ4v) is 4.52. The Labute approximate surface area is 164 Å². The van der Waals surface area contributed by atoms with Crippen molar-refractivity contribution in [3.63, 3.8) is 0 Å². The quantitative estimate of drug-likeness (QED) is 0.729. The molecule has 1 aliphatic rings. The van der Waals surface area contributed by atoms with E-state index in [0.717, 1.165) is 44.7 Å². The third kappa shape index (κ3) is 4.48. The van der Waals surface area contributed by atoms with E-state index in [1.165, 1.54) is 18.4 Å². The predicted molar refractivity (Wildman–Crippen MR) is 108 cm³/mol. The van der Waals surface area contributed by atoms with Crippen LogP contribution in [0.3, 0.4) is 0 Å². The first-order valence-corrected chi connectivity index (χ1v) is 11.5.